The quantitative estimate of drug-likeness (QED) is 0.828. The van der Waals surface area contributed by atoms with Crippen molar-refractivity contribution in [3.8, 4) is 11.1 Å². The number of nitrogens with one attached hydrogen (secondary N) is 1. The molecule has 0 saturated carbocycles. The molecule has 2 aromatic rings. The lowest BCUT2D eigenvalue weighted by Crippen LogP contribution is -2.31. The second kappa shape index (κ2) is 7.25. The first-order valence-corrected chi connectivity index (χ1v) is 7.53. The maximum absolute atomic E-state index is 4.49. The van der Waals surface area contributed by atoms with Gasteiger partial charge >= 0.3 is 0 Å². The van der Waals surface area contributed by atoms with Crippen LogP contribution in [0.1, 0.15) is 39.7 Å². The predicted octanol–water partition coefficient (Wildman–Crippen LogP) is 3.89. The van der Waals surface area contributed by atoms with Gasteiger partial charge in [0.25, 0.3) is 0 Å². The third-order valence-corrected chi connectivity index (χ3v) is 3.64. The molecule has 108 valence electrons. The zero-order chi connectivity index (χ0) is 14.4. The van der Waals surface area contributed by atoms with Crippen molar-refractivity contribution < 1.29 is 0 Å². The molecule has 0 saturated heterocycles. The molecule has 20 heavy (non-hydrogen) atoms. The SMILES string of the molecule is CCCC(C)NCC(C)n1cc(-c2ccccc2)cn1. The molecule has 0 radical (unpaired) electrons. The van der Waals surface area contributed by atoms with Crippen molar-refractivity contribution in [2.24, 2.45) is 0 Å². The third kappa shape index (κ3) is 3.94. The van der Waals surface area contributed by atoms with Gasteiger partial charge in [0.1, 0.15) is 0 Å². The van der Waals surface area contributed by atoms with Crippen molar-refractivity contribution >= 4 is 0 Å². The van der Waals surface area contributed by atoms with Crippen LogP contribution in [0.4, 0.5) is 0 Å². The average molecular weight is 271 g/mol. The van der Waals surface area contributed by atoms with Gasteiger partial charge in [-0.1, -0.05) is 43.7 Å². The van der Waals surface area contributed by atoms with Gasteiger partial charge in [0, 0.05) is 24.3 Å². The molecule has 0 fully saturated rings. The predicted molar refractivity (Wildman–Crippen MR) is 84.7 cm³/mol. The summed E-state index contributed by atoms with van der Waals surface area (Å²) in [5, 5.41) is 8.06. The number of nitrogens with zero attached hydrogens (tertiary/aromatic N) is 2. The minimum Gasteiger partial charge on any atom is -0.312 e. The van der Waals surface area contributed by atoms with E-state index in [-0.39, 0.29) is 0 Å². The molecule has 1 N–H and O–H groups in total. The molecule has 1 heterocycles. The van der Waals surface area contributed by atoms with Crippen molar-refractivity contribution in [3.63, 3.8) is 0 Å². The highest BCUT2D eigenvalue weighted by molar-refractivity contribution is 5.61. The molecule has 2 rings (SSSR count). The molecule has 0 aliphatic rings. The summed E-state index contributed by atoms with van der Waals surface area (Å²) in [7, 11) is 0. The number of hydrogen-bond acceptors (Lipinski definition) is 2. The minimum absolute atomic E-state index is 0.367. The first kappa shape index (κ1) is 14.8. The summed E-state index contributed by atoms with van der Waals surface area (Å²) in [5.41, 5.74) is 2.40. The summed E-state index contributed by atoms with van der Waals surface area (Å²) in [6.07, 6.45) is 6.52. The molecule has 0 bridgehead atoms. The molecule has 2 unspecified atom stereocenters. The van der Waals surface area contributed by atoms with Crippen LogP contribution < -0.4 is 5.32 Å². The van der Waals surface area contributed by atoms with Crippen molar-refractivity contribution in [3.05, 3.63) is 42.7 Å². The Kier molecular flexibility index (Phi) is 5.36. The molecule has 3 nitrogen and oxygen atoms in total. The van der Waals surface area contributed by atoms with Gasteiger partial charge in [-0.05, 0) is 25.8 Å². The van der Waals surface area contributed by atoms with E-state index in [1.807, 2.05) is 16.9 Å². The Morgan fingerprint density at radius 1 is 1.15 bits per heavy atom. The summed E-state index contributed by atoms with van der Waals surface area (Å²) in [4.78, 5) is 0. The van der Waals surface area contributed by atoms with Crippen LogP contribution in [-0.2, 0) is 0 Å². The first-order valence-electron chi connectivity index (χ1n) is 7.53. The zero-order valence-electron chi connectivity index (χ0n) is 12.7. The second-order valence-corrected chi connectivity index (χ2v) is 5.52. The highest BCUT2D eigenvalue weighted by Gasteiger charge is 2.09. The van der Waals surface area contributed by atoms with E-state index in [2.05, 4.69) is 61.6 Å². The zero-order valence-corrected chi connectivity index (χ0v) is 12.7. The Morgan fingerprint density at radius 3 is 2.60 bits per heavy atom. The topological polar surface area (TPSA) is 29.9 Å². The number of hydrogen-bond donors (Lipinski definition) is 1. The van der Waals surface area contributed by atoms with E-state index in [4.69, 9.17) is 0 Å². The molecule has 3 heteroatoms. The van der Waals surface area contributed by atoms with E-state index in [9.17, 15) is 0 Å². The van der Waals surface area contributed by atoms with E-state index in [1.54, 1.807) is 0 Å². The normalized spacial score (nSPS) is 14.2. The smallest absolute Gasteiger partial charge is 0.0615 e. The van der Waals surface area contributed by atoms with E-state index in [0.29, 0.717) is 12.1 Å². The van der Waals surface area contributed by atoms with Gasteiger partial charge in [0.05, 0.1) is 12.2 Å². The maximum Gasteiger partial charge on any atom is 0.0615 e. The van der Waals surface area contributed by atoms with Crippen molar-refractivity contribution in [1.82, 2.24) is 15.1 Å². The van der Waals surface area contributed by atoms with Crippen LogP contribution in [0.2, 0.25) is 0 Å². The van der Waals surface area contributed by atoms with Crippen LogP contribution in [0.15, 0.2) is 42.7 Å². The molecule has 0 spiro atoms. The lowest BCUT2D eigenvalue weighted by Gasteiger charge is -2.17. The molecule has 0 aliphatic heterocycles. The summed E-state index contributed by atoms with van der Waals surface area (Å²) >= 11 is 0. The highest BCUT2D eigenvalue weighted by atomic mass is 15.3. The van der Waals surface area contributed by atoms with Gasteiger partial charge in [-0.25, -0.2) is 0 Å². The number of aromatic nitrogens is 2. The van der Waals surface area contributed by atoms with Crippen molar-refractivity contribution in [2.45, 2.75) is 45.7 Å². The fourth-order valence-electron chi connectivity index (χ4n) is 2.36. The van der Waals surface area contributed by atoms with Crippen LogP contribution in [0.3, 0.4) is 0 Å². The second-order valence-electron chi connectivity index (χ2n) is 5.52. The lowest BCUT2D eigenvalue weighted by atomic mass is 10.1. The summed E-state index contributed by atoms with van der Waals surface area (Å²) < 4.78 is 2.05. The van der Waals surface area contributed by atoms with E-state index >= 15 is 0 Å². The minimum atomic E-state index is 0.367. The number of rotatable bonds is 7. The van der Waals surface area contributed by atoms with Crippen LogP contribution in [-0.4, -0.2) is 22.4 Å². The Hall–Kier alpha value is -1.61. The van der Waals surface area contributed by atoms with Gasteiger partial charge in [0.15, 0.2) is 0 Å². The van der Waals surface area contributed by atoms with Crippen LogP contribution in [0.5, 0.6) is 0 Å². The monoisotopic (exact) mass is 271 g/mol. The van der Waals surface area contributed by atoms with Crippen LogP contribution in [0.25, 0.3) is 11.1 Å². The molecule has 1 aromatic carbocycles. The van der Waals surface area contributed by atoms with E-state index in [1.165, 1.54) is 24.0 Å². The summed E-state index contributed by atoms with van der Waals surface area (Å²) in [6, 6.07) is 11.3. The standard InChI is InChI=1S/C17H25N3/c1-4-8-14(2)18-11-15(3)20-13-17(12-19-20)16-9-6-5-7-10-16/h5-7,9-10,12-15,18H,4,8,11H2,1-3H3. The molecule has 0 aliphatic carbocycles. The fraction of sp³-hybridized carbons (Fsp3) is 0.471. The molecule has 1 aromatic heterocycles. The van der Waals surface area contributed by atoms with Gasteiger partial charge in [-0.3, -0.25) is 4.68 Å². The number of benzene rings is 1. The first-order chi connectivity index (χ1) is 9.70. The van der Waals surface area contributed by atoms with Crippen molar-refractivity contribution in [1.29, 1.82) is 0 Å². The molecule has 2 atom stereocenters. The molecular weight excluding hydrogens is 246 g/mol. The Labute approximate surface area is 122 Å². The summed E-state index contributed by atoms with van der Waals surface area (Å²) in [5.74, 6) is 0. The maximum atomic E-state index is 4.49. The average Bonchev–Trinajstić information content (AvgIpc) is 2.96. The van der Waals surface area contributed by atoms with Gasteiger partial charge < -0.3 is 5.32 Å². The molecular formula is C17H25N3. The fourth-order valence-corrected chi connectivity index (χ4v) is 2.36. The van der Waals surface area contributed by atoms with Crippen LogP contribution in [0, 0.1) is 0 Å². The van der Waals surface area contributed by atoms with Crippen LogP contribution >= 0.6 is 0 Å². The van der Waals surface area contributed by atoms with E-state index in [0.717, 1.165) is 6.54 Å². The lowest BCUT2D eigenvalue weighted by molar-refractivity contribution is 0.412. The van der Waals surface area contributed by atoms with Gasteiger partial charge in [-0.2, -0.15) is 5.10 Å². The van der Waals surface area contributed by atoms with Gasteiger partial charge in [-0.15, -0.1) is 0 Å². The Morgan fingerprint density at radius 2 is 1.90 bits per heavy atom. The highest BCUT2D eigenvalue weighted by Crippen LogP contribution is 2.19. The van der Waals surface area contributed by atoms with Gasteiger partial charge in [0.2, 0.25) is 0 Å². The summed E-state index contributed by atoms with van der Waals surface area (Å²) in [6.45, 7) is 7.63. The third-order valence-electron chi connectivity index (χ3n) is 3.64. The Bertz CT molecular complexity index is 504. The molecule has 0 amide bonds. The largest absolute Gasteiger partial charge is 0.312 e. The van der Waals surface area contributed by atoms with Crippen molar-refractivity contribution in [2.75, 3.05) is 6.54 Å². The Balaban J connectivity index is 1.95. The van der Waals surface area contributed by atoms with E-state index < -0.39 is 0 Å².